The summed E-state index contributed by atoms with van der Waals surface area (Å²) in [5, 5.41) is 0.978. The molecule has 0 saturated carbocycles. The Balaban J connectivity index is 2.17. The van der Waals surface area contributed by atoms with Gasteiger partial charge in [-0.2, -0.15) is 0 Å². The predicted molar refractivity (Wildman–Crippen MR) is 99.4 cm³/mol. The number of methoxy groups -OCH3 is 2. The van der Waals surface area contributed by atoms with E-state index in [0.29, 0.717) is 5.75 Å². The molecule has 1 aliphatic heterocycles. The molecule has 0 N–H and O–H groups in total. The molecule has 0 bridgehead atoms. The van der Waals surface area contributed by atoms with Crippen molar-refractivity contribution in [2.45, 2.75) is 6.04 Å². The number of carbonyl (C=O) groups is 1. The molecule has 0 radical (unpaired) electrons. The maximum Gasteiger partial charge on any atom is 0.264 e. The Morgan fingerprint density at radius 2 is 1.79 bits per heavy atom. The average Bonchev–Trinajstić information content (AvgIpc) is 3.01. The van der Waals surface area contributed by atoms with E-state index in [1.807, 2.05) is 0 Å². The number of hydrogen-bond acceptors (Lipinski definition) is 5. The van der Waals surface area contributed by atoms with Crippen molar-refractivity contribution in [3.63, 3.8) is 0 Å². The van der Waals surface area contributed by atoms with E-state index in [1.165, 1.54) is 38.5 Å². The Labute approximate surface area is 160 Å². The molecule has 9 heteroatoms. The summed E-state index contributed by atoms with van der Waals surface area (Å²) in [4.78, 5) is 14.2. The Bertz CT molecular complexity index is 1030. The average molecular weight is 409 g/mol. The molecule has 1 heterocycles. The highest BCUT2D eigenvalue weighted by Gasteiger charge is 2.35. The number of rotatable bonds is 5. The first-order chi connectivity index (χ1) is 13.3. The first-order valence-corrected chi connectivity index (χ1v) is 9.89. The highest BCUT2D eigenvalue weighted by Crippen LogP contribution is 2.36. The van der Waals surface area contributed by atoms with E-state index in [2.05, 4.69) is 0 Å². The van der Waals surface area contributed by atoms with Gasteiger partial charge in [0.25, 0.3) is 5.91 Å². The lowest BCUT2D eigenvalue weighted by atomic mass is 10.1. The highest BCUT2D eigenvalue weighted by atomic mass is 32.2. The number of nitrogens with zero attached hydrogens (tertiary/aromatic N) is 1. The molecule has 28 heavy (non-hydrogen) atoms. The molecule has 0 spiro atoms. The lowest BCUT2D eigenvalue weighted by Crippen LogP contribution is -2.42. The maximum absolute atomic E-state index is 14.2. The van der Waals surface area contributed by atoms with E-state index in [-0.39, 0.29) is 11.4 Å². The molecular formula is C19H17F2NO5S. The van der Waals surface area contributed by atoms with Crippen LogP contribution >= 0.6 is 0 Å². The number of carbonyl (C=O) groups excluding carboxylic acids is 1. The fourth-order valence-electron chi connectivity index (χ4n) is 2.97. The number of benzene rings is 2. The molecule has 0 saturated heterocycles. The predicted octanol–water partition coefficient (Wildman–Crippen LogP) is 2.94. The molecule has 0 fully saturated rings. The van der Waals surface area contributed by atoms with Gasteiger partial charge in [-0.1, -0.05) is 6.07 Å². The van der Waals surface area contributed by atoms with Crippen LogP contribution in [0, 0.1) is 11.6 Å². The van der Waals surface area contributed by atoms with Gasteiger partial charge >= 0.3 is 0 Å². The van der Waals surface area contributed by atoms with Crippen LogP contribution in [-0.2, 0) is 9.84 Å². The number of amides is 1. The van der Waals surface area contributed by atoms with Crippen molar-refractivity contribution in [1.82, 2.24) is 0 Å². The Kier molecular flexibility index (Phi) is 5.37. The molecule has 1 atom stereocenters. The second-order valence-electron chi connectivity index (χ2n) is 6.04. The number of sulfone groups is 1. The van der Waals surface area contributed by atoms with Crippen molar-refractivity contribution >= 4 is 21.4 Å². The van der Waals surface area contributed by atoms with Crippen LogP contribution in [0.4, 0.5) is 14.5 Å². The van der Waals surface area contributed by atoms with Gasteiger partial charge < -0.3 is 9.47 Å². The first-order valence-electron chi connectivity index (χ1n) is 8.18. The Morgan fingerprint density at radius 3 is 2.32 bits per heavy atom. The van der Waals surface area contributed by atoms with Gasteiger partial charge in [-0.25, -0.2) is 17.2 Å². The number of ether oxygens (including phenoxy) is 2. The third-order valence-electron chi connectivity index (χ3n) is 4.28. The molecule has 3 rings (SSSR count). The second-order valence-corrected chi connectivity index (χ2v) is 7.97. The largest absolute Gasteiger partial charge is 0.497 e. The van der Waals surface area contributed by atoms with Crippen LogP contribution < -0.4 is 14.4 Å². The molecule has 0 aliphatic carbocycles. The van der Waals surface area contributed by atoms with Gasteiger partial charge in [-0.05, 0) is 30.3 Å². The quantitative estimate of drug-likeness (QED) is 0.759. The van der Waals surface area contributed by atoms with Crippen molar-refractivity contribution < 1.29 is 31.5 Å². The summed E-state index contributed by atoms with van der Waals surface area (Å²) < 4.78 is 62.7. The topological polar surface area (TPSA) is 72.9 Å². The van der Waals surface area contributed by atoms with Crippen molar-refractivity contribution in [3.8, 4) is 11.5 Å². The molecule has 2 aromatic carbocycles. The maximum atomic E-state index is 14.2. The zero-order chi connectivity index (χ0) is 20.5. The summed E-state index contributed by atoms with van der Waals surface area (Å²) in [5.74, 6) is -2.92. The summed E-state index contributed by atoms with van der Waals surface area (Å²) >= 11 is 0. The number of halogens is 2. The number of hydrogen-bond donors (Lipinski definition) is 0. The van der Waals surface area contributed by atoms with E-state index in [1.54, 1.807) is 0 Å². The molecular weight excluding hydrogens is 392 g/mol. The van der Waals surface area contributed by atoms with E-state index >= 15 is 0 Å². The van der Waals surface area contributed by atoms with E-state index in [0.717, 1.165) is 28.5 Å². The number of anilines is 1. The monoisotopic (exact) mass is 409 g/mol. The third-order valence-corrected chi connectivity index (χ3v) is 5.66. The van der Waals surface area contributed by atoms with Crippen LogP contribution in [0.15, 0.2) is 47.9 Å². The van der Waals surface area contributed by atoms with Crippen LogP contribution in [0.3, 0.4) is 0 Å². The van der Waals surface area contributed by atoms with Gasteiger partial charge in [-0.15, -0.1) is 0 Å². The fourth-order valence-corrected chi connectivity index (χ4v) is 4.23. The summed E-state index contributed by atoms with van der Waals surface area (Å²) in [5.41, 5.74) is -0.624. The van der Waals surface area contributed by atoms with E-state index < -0.39 is 44.7 Å². The molecule has 0 aromatic heterocycles. The summed E-state index contributed by atoms with van der Waals surface area (Å²) in [6.45, 7) is 0. The van der Waals surface area contributed by atoms with Crippen molar-refractivity contribution in [1.29, 1.82) is 0 Å². The SMILES string of the molecule is COc1ccc(N(C(=O)c2c(F)cccc2F)C2C=CS(=O)(=O)C2)c(OC)c1. The first kappa shape index (κ1) is 19.8. The zero-order valence-corrected chi connectivity index (χ0v) is 15.9. The lowest BCUT2D eigenvalue weighted by Gasteiger charge is -2.29. The van der Waals surface area contributed by atoms with Crippen LogP contribution in [0.1, 0.15) is 10.4 Å². The minimum absolute atomic E-state index is 0.155. The fraction of sp³-hybridized carbons (Fsp3) is 0.211. The Hall–Kier alpha value is -2.94. The van der Waals surface area contributed by atoms with Crippen molar-refractivity contribution in [2.75, 3.05) is 24.9 Å². The minimum Gasteiger partial charge on any atom is -0.497 e. The molecule has 1 unspecified atom stereocenters. The van der Waals surface area contributed by atoms with Gasteiger partial charge in [0, 0.05) is 11.5 Å². The van der Waals surface area contributed by atoms with Crippen molar-refractivity contribution in [2.24, 2.45) is 0 Å². The van der Waals surface area contributed by atoms with Crippen LogP contribution in [0.2, 0.25) is 0 Å². The van der Waals surface area contributed by atoms with Gasteiger partial charge in [0.1, 0.15) is 28.7 Å². The highest BCUT2D eigenvalue weighted by molar-refractivity contribution is 7.94. The third kappa shape index (κ3) is 3.70. The molecule has 6 nitrogen and oxygen atoms in total. The van der Waals surface area contributed by atoms with Gasteiger partial charge in [0.2, 0.25) is 0 Å². The molecule has 1 aliphatic rings. The van der Waals surface area contributed by atoms with Gasteiger partial charge in [0.15, 0.2) is 9.84 Å². The lowest BCUT2D eigenvalue weighted by molar-refractivity contribution is 0.0974. The molecule has 2 aromatic rings. The van der Waals surface area contributed by atoms with Crippen LogP contribution in [0.25, 0.3) is 0 Å². The minimum atomic E-state index is -3.54. The van der Waals surface area contributed by atoms with Crippen LogP contribution in [-0.4, -0.2) is 40.3 Å². The van der Waals surface area contributed by atoms with Crippen molar-refractivity contribution in [3.05, 3.63) is 65.1 Å². The summed E-state index contributed by atoms with van der Waals surface area (Å²) in [6, 6.07) is 6.58. The van der Waals surface area contributed by atoms with Gasteiger partial charge in [-0.3, -0.25) is 9.69 Å². The smallest absolute Gasteiger partial charge is 0.264 e. The van der Waals surface area contributed by atoms with E-state index in [4.69, 9.17) is 9.47 Å². The summed E-state index contributed by atoms with van der Waals surface area (Å²) in [6.07, 6.45) is 1.30. The zero-order valence-electron chi connectivity index (χ0n) is 15.1. The van der Waals surface area contributed by atoms with Gasteiger partial charge in [0.05, 0.1) is 31.7 Å². The van der Waals surface area contributed by atoms with Crippen LogP contribution in [0.5, 0.6) is 11.5 Å². The normalized spacial score (nSPS) is 17.4. The molecule has 148 valence electrons. The Morgan fingerprint density at radius 1 is 1.11 bits per heavy atom. The standard InChI is InChI=1S/C19H17F2NO5S/c1-26-13-6-7-16(17(10-13)27-2)22(12-8-9-28(24,25)11-12)19(23)18-14(20)4-3-5-15(18)21/h3-10,12H,11H2,1-2H3. The van der Waals surface area contributed by atoms with E-state index in [9.17, 15) is 22.0 Å². The molecule has 1 amide bonds. The second kappa shape index (κ2) is 7.59. The summed E-state index contributed by atoms with van der Waals surface area (Å²) in [7, 11) is -0.748.